The van der Waals surface area contributed by atoms with Gasteiger partial charge in [-0.2, -0.15) is 0 Å². The number of aryl methyl sites for hydroxylation is 1. The number of hydrogen-bond acceptors (Lipinski definition) is 7. The van der Waals surface area contributed by atoms with Crippen LogP contribution < -0.4 is 5.32 Å². The summed E-state index contributed by atoms with van der Waals surface area (Å²) in [6.07, 6.45) is 3.29. The van der Waals surface area contributed by atoms with E-state index in [9.17, 15) is 22.0 Å². The Labute approximate surface area is 200 Å². The minimum absolute atomic E-state index is 0.0392. The van der Waals surface area contributed by atoms with Crippen molar-refractivity contribution in [2.75, 3.05) is 26.3 Å². The van der Waals surface area contributed by atoms with Crippen LogP contribution in [-0.4, -0.2) is 61.9 Å². The van der Waals surface area contributed by atoms with Gasteiger partial charge >= 0.3 is 5.97 Å². The molecule has 1 N–H and O–H groups in total. The molecule has 1 saturated heterocycles. The van der Waals surface area contributed by atoms with Crippen LogP contribution in [0.15, 0.2) is 23.2 Å². The molecule has 190 valence electrons. The molecule has 0 spiro atoms. The van der Waals surface area contributed by atoms with Gasteiger partial charge in [0.1, 0.15) is 5.60 Å². The molecule has 0 aliphatic carbocycles. The molecule has 10 heteroatoms. The van der Waals surface area contributed by atoms with Gasteiger partial charge in [0.05, 0.1) is 10.6 Å². The van der Waals surface area contributed by atoms with Crippen LogP contribution in [0.25, 0.3) is 5.57 Å². The van der Waals surface area contributed by atoms with Crippen LogP contribution >= 0.6 is 0 Å². The molecule has 2 aliphatic rings. The molecule has 2 aliphatic heterocycles. The lowest BCUT2D eigenvalue weighted by Crippen LogP contribution is -2.53. The van der Waals surface area contributed by atoms with Gasteiger partial charge in [0.2, 0.25) is 5.92 Å². The summed E-state index contributed by atoms with van der Waals surface area (Å²) in [4.78, 5) is 17.7. The van der Waals surface area contributed by atoms with Crippen molar-refractivity contribution in [3.05, 3.63) is 29.6 Å². The van der Waals surface area contributed by atoms with Crippen LogP contribution in [0.3, 0.4) is 0 Å². The van der Waals surface area contributed by atoms with Crippen LogP contribution in [0.4, 0.5) is 8.78 Å². The van der Waals surface area contributed by atoms with Gasteiger partial charge < -0.3 is 14.8 Å². The van der Waals surface area contributed by atoms with E-state index in [2.05, 4.69) is 10.3 Å². The van der Waals surface area contributed by atoms with E-state index in [-0.39, 0.29) is 43.1 Å². The first-order valence-electron chi connectivity index (χ1n) is 11.6. The maximum Gasteiger partial charge on any atom is 0.328 e. The number of aromatic nitrogens is 1. The third kappa shape index (κ3) is 6.01. The standard InChI is InChI=1S/C24H34F2N2O5S/c1-22(2,3)33-21(29)24(9-13-32-14-10-24)34(30,31)19-15-17(5-8-23(4,25)26)16-28-20(19)18-6-11-27-12-7-18/h6,15-16,27H,5,7-14H2,1-4H3. The Morgan fingerprint density at radius 1 is 1.24 bits per heavy atom. The van der Waals surface area contributed by atoms with Gasteiger partial charge in [-0.1, -0.05) is 6.08 Å². The highest BCUT2D eigenvalue weighted by Gasteiger charge is 2.55. The number of sulfone groups is 1. The lowest BCUT2D eigenvalue weighted by Gasteiger charge is -2.37. The maximum absolute atomic E-state index is 14.3. The first-order chi connectivity index (χ1) is 15.8. The molecule has 34 heavy (non-hydrogen) atoms. The number of carbonyl (C=O) groups is 1. The van der Waals surface area contributed by atoms with Crippen LogP contribution in [-0.2, 0) is 30.5 Å². The number of alkyl halides is 2. The normalized spacial score (nSPS) is 19.4. The summed E-state index contributed by atoms with van der Waals surface area (Å²) in [6, 6.07) is 1.41. The topological polar surface area (TPSA) is 94.6 Å². The van der Waals surface area contributed by atoms with E-state index in [1.165, 1.54) is 12.3 Å². The number of nitrogens with one attached hydrogen (secondary N) is 1. The fourth-order valence-corrected chi connectivity index (χ4v) is 6.27. The molecular formula is C24H34F2N2O5S. The van der Waals surface area contributed by atoms with E-state index in [0.717, 1.165) is 12.5 Å². The zero-order valence-electron chi connectivity index (χ0n) is 20.2. The maximum atomic E-state index is 14.3. The molecule has 0 radical (unpaired) electrons. The zero-order chi connectivity index (χ0) is 25.2. The summed E-state index contributed by atoms with van der Waals surface area (Å²) in [6.45, 7) is 7.28. The second-order valence-electron chi connectivity index (χ2n) is 10.1. The Bertz CT molecular complexity index is 1040. The summed E-state index contributed by atoms with van der Waals surface area (Å²) in [5.41, 5.74) is 0.509. The molecule has 3 heterocycles. The highest BCUT2D eigenvalue weighted by molar-refractivity contribution is 7.93. The summed E-state index contributed by atoms with van der Waals surface area (Å²) in [7, 11) is -4.32. The number of halogens is 2. The Morgan fingerprint density at radius 3 is 2.47 bits per heavy atom. The molecule has 7 nitrogen and oxygen atoms in total. The third-order valence-electron chi connectivity index (χ3n) is 6.01. The van der Waals surface area contributed by atoms with Gasteiger partial charge in [-0.05, 0) is 64.3 Å². The third-order valence-corrected chi connectivity index (χ3v) is 8.50. The van der Waals surface area contributed by atoms with Crippen LogP contribution in [0.1, 0.15) is 64.6 Å². The molecule has 0 amide bonds. The summed E-state index contributed by atoms with van der Waals surface area (Å²) < 4.78 is 64.7. The number of carbonyl (C=O) groups excluding carboxylic acids is 1. The molecule has 0 saturated carbocycles. The summed E-state index contributed by atoms with van der Waals surface area (Å²) in [5, 5.41) is 3.18. The van der Waals surface area contributed by atoms with Gasteiger partial charge in [0.15, 0.2) is 14.6 Å². The minimum Gasteiger partial charge on any atom is -0.459 e. The Kier molecular flexibility index (Phi) is 7.84. The molecule has 0 atom stereocenters. The van der Waals surface area contributed by atoms with Crippen molar-refractivity contribution in [2.45, 2.75) is 81.0 Å². The highest BCUT2D eigenvalue weighted by Crippen LogP contribution is 2.40. The average molecular weight is 501 g/mol. The van der Waals surface area contributed by atoms with Crippen LogP contribution in [0.2, 0.25) is 0 Å². The van der Waals surface area contributed by atoms with Gasteiger partial charge in [-0.25, -0.2) is 17.2 Å². The first kappa shape index (κ1) is 26.7. The van der Waals surface area contributed by atoms with Crippen molar-refractivity contribution in [2.24, 2.45) is 0 Å². The fraction of sp³-hybridized carbons (Fsp3) is 0.667. The monoisotopic (exact) mass is 500 g/mol. The van der Waals surface area contributed by atoms with E-state index < -0.39 is 38.5 Å². The Morgan fingerprint density at radius 2 is 1.91 bits per heavy atom. The molecule has 1 fully saturated rings. The number of hydrogen-bond donors (Lipinski definition) is 1. The summed E-state index contributed by atoms with van der Waals surface area (Å²) >= 11 is 0. The lowest BCUT2D eigenvalue weighted by molar-refractivity contribution is -0.160. The molecule has 0 bridgehead atoms. The van der Waals surface area contributed by atoms with Crippen LogP contribution in [0, 0.1) is 0 Å². The minimum atomic E-state index is -4.32. The van der Waals surface area contributed by atoms with Crippen molar-refractivity contribution in [3.8, 4) is 0 Å². The lowest BCUT2D eigenvalue weighted by atomic mass is 9.98. The molecule has 1 aromatic rings. The number of pyridine rings is 1. The smallest absolute Gasteiger partial charge is 0.328 e. The molecule has 0 unspecified atom stereocenters. The van der Waals surface area contributed by atoms with Gasteiger partial charge in [-0.15, -0.1) is 0 Å². The predicted molar refractivity (Wildman–Crippen MR) is 124 cm³/mol. The summed E-state index contributed by atoms with van der Waals surface area (Å²) in [5.74, 6) is -3.72. The largest absolute Gasteiger partial charge is 0.459 e. The van der Waals surface area contributed by atoms with E-state index >= 15 is 0 Å². The SMILES string of the molecule is CC(F)(F)CCc1cnc(C2=CCNCC2)c(S(=O)(=O)C2(C(=O)OC(C)(C)C)CCOCC2)c1. The predicted octanol–water partition coefficient (Wildman–Crippen LogP) is 3.71. The number of esters is 1. The van der Waals surface area contributed by atoms with E-state index in [0.29, 0.717) is 25.1 Å². The second-order valence-corrected chi connectivity index (χ2v) is 12.3. The van der Waals surface area contributed by atoms with Crippen LogP contribution in [0.5, 0.6) is 0 Å². The van der Waals surface area contributed by atoms with Gasteiger partial charge in [-0.3, -0.25) is 9.78 Å². The highest BCUT2D eigenvalue weighted by atomic mass is 32.2. The molecular weight excluding hydrogens is 466 g/mol. The quantitative estimate of drug-likeness (QED) is 0.571. The fourth-order valence-electron chi connectivity index (χ4n) is 4.13. The van der Waals surface area contributed by atoms with E-state index in [1.807, 2.05) is 6.08 Å². The molecule has 1 aromatic heterocycles. The molecule has 0 aromatic carbocycles. The van der Waals surface area contributed by atoms with Crippen molar-refractivity contribution in [1.29, 1.82) is 0 Å². The Balaban J connectivity index is 2.15. The average Bonchev–Trinajstić information content (AvgIpc) is 2.77. The Hall–Kier alpha value is -1.91. The zero-order valence-corrected chi connectivity index (χ0v) is 21.1. The van der Waals surface area contributed by atoms with Crippen molar-refractivity contribution < 1.29 is 31.5 Å². The second kappa shape index (κ2) is 9.99. The van der Waals surface area contributed by atoms with E-state index in [1.54, 1.807) is 20.8 Å². The van der Waals surface area contributed by atoms with Crippen molar-refractivity contribution >= 4 is 21.4 Å². The first-order valence-corrected chi connectivity index (χ1v) is 13.1. The number of nitrogens with zero attached hydrogens (tertiary/aromatic N) is 1. The van der Waals surface area contributed by atoms with Crippen molar-refractivity contribution in [1.82, 2.24) is 10.3 Å². The van der Waals surface area contributed by atoms with Gasteiger partial charge in [0, 0.05) is 45.2 Å². The van der Waals surface area contributed by atoms with Gasteiger partial charge in [0.25, 0.3) is 0 Å². The van der Waals surface area contributed by atoms with Crippen molar-refractivity contribution in [3.63, 3.8) is 0 Å². The molecule has 3 rings (SSSR count). The van der Waals surface area contributed by atoms with E-state index in [4.69, 9.17) is 9.47 Å². The number of ether oxygens (including phenoxy) is 2. The number of rotatable bonds is 7.